The van der Waals surface area contributed by atoms with Crippen LogP contribution >= 0.6 is 0 Å². The van der Waals surface area contributed by atoms with Crippen molar-refractivity contribution >= 4 is 0 Å². The number of unbranched alkanes of at least 4 members (excludes halogenated alkanes) is 13. The van der Waals surface area contributed by atoms with E-state index in [9.17, 15) is 0 Å². The molecule has 4 nitrogen and oxygen atoms in total. The maximum Gasteiger partial charge on any atom is 0.159 e. The van der Waals surface area contributed by atoms with E-state index < -0.39 is 0 Å². The lowest BCUT2D eigenvalue weighted by Crippen LogP contribution is -1.99. The van der Waals surface area contributed by atoms with Crippen molar-refractivity contribution in [1.82, 2.24) is 9.97 Å². The first-order chi connectivity index (χ1) is 16.3. The molecule has 4 heteroatoms. The molecule has 0 saturated heterocycles. The Kier molecular flexibility index (Phi) is 15.1. The zero-order chi connectivity index (χ0) is 23.4. The Labute approximate surface area is 202 Å². The van der Waals surface area contributed by atoms with Crippen LogP contribution < -0.4 is 9.47 Å². The summed E-state index contributed by atoms with van der Waals surface area (Å²) in [5, 5.41) is 0. The van der Waals surface area contributed by atoms with Crippen LogP contribution in [-0.4, -0.2) is 23.2 Å². The van der Waals surface area contributed by atoms with Crippen LogP contribution in [0, 0.1) is 0 Å². The molecule has 0 aliphatic heterocycles. The van der Waals surface area contributed by atoms with Crippen LogP contribution in [0.15, 0.2) is 36.7 Å². The van der Waals surface area contributed by atoms with Gasteiger partial charge in [0.15, 0.2) is 11.6 Å². The fourth-order valence-corrected chi connectivity index (χ4v) is 3.92. The van der Waals surface area contributed by atoms with Gasteiger partial charge >= 0.3 is 0 Å². The van der Waals surface area contributed by atoms with Gasteiger partial charge in [0.1, 0.15) is 5.75 Å². The topological polar surface area (TPSA) is 44.2 Å². The lowest BCUT2D eigenvalue weighted by Gasteiger charge is -2.08. The first-order valence-corrected chi connectivity index (χ1v) is 13.5. The van der Waals surface area contributed by atoms with Crippen molar-refractivity contribution < 1.29 is 9.47 Å². The molecule has 0 bridgehead atoms. The molecule has 2 rings (SSSR count). The maximum absolute atomic E-state index is 5.86. The third-order valence-corrected chi connectivity index (χ3v) is 6.02. The van der Waals surface area contributed by atoms with Crippen molar-refractivity contribution in [1.29, 1.82) is 0 Å². The third-order valence-electron chi connectivity index (χ3n) is 6.02. The van der Waals surface area contributed by atoms with Crippen molar-refractivity contribution in [3.8, 4) is 22.9 Å². The monoisotopic (exact) mass is 454 g/mol. The van der Waals surface area contributed by atoms with E-state index in [1.807, 2.05) is 24.3 Å². The first kappa shape index (κ1) is 27.1. The molecule has 0 saturated carbocycles. The molecule has 0 spiro atoms. The summed E-state index contributed by atoms with van der Waals surface area (Å²) in [6.07, 6.45) is 23.1. The van der Waals surface area contributed by atoms with Crippen molar-refractivity contribution in [2.45, 2.75) is 110 Å². The Morgan fingerprint density at radius 3 is 1.42 bits per heavy atom. The van der Waals surface area contributed by atoms with Gasteiger partial charge in [-0.05, 0) is 37.1 Å². The first-order valence-electron chi connectivity index (χ1n) is 13.5. The Hall–Kier alpha value is -2.10. The van der Waals surface area contributed by atoms with E-state index in [1.165, 1.54) is 83.5 Å². The summed E-state index contributed by atoms with van der Waals surface area (Å²) in [5.41, 5.74) is 0.993. The van der Waals surface area contributed by atoms with Gasteiger partial charge in [0, 0.05) is 5.56 Å². The average molecular weight is 455 g/mol. The van der Waals surface area contributed by atoms with Crippen LogP contribution in [0.3, 0.4) is 0 Å². The number of aromatic nitrogens is 2. The van der Waals surface area contributed by atoms with Crippen LogP contribution in [0.4, 0.5) is 0 Å². The molecular formula is C29H46N2O2. The average Bonchev–Trinajstić information content (AvgIpc) is 2.85. The van der Waals surface area contributed by atoms with E-state index in [2.05, 4.69) is 23.8 Å². The second-order valence-corrected chi connectivity index (χ2v) is 9.06. The fraction of sp³-hybridized carbons (Fsp3) is 0.655. The predicted molar refractivity (Wildman–Crippen MR) is 139 cm³/mol. The zero-order valence-corrected chi connectivity index (χ0v) is 21.2. The minimum absolute atomic E-state index is 0.716. The molecule has 1 aromatic carbocycles. The molecule has 2 aromatic rings. The maximum atomic E-state index is 5.86. The van der Waals surface area contributed by atoms with Gasteiger partial charge in [-0.25, -0.2) is 9.97 Å². The van der Waals surface area contributed by atoms with E-state index in [1.54, 1.807) is 12.4 Å². The number of hydrogen-bond acceptors (Lipinski definition) is 4. The highest BCUT2D eigenvalue weighted by Crippen LogP contribution is 2.21. The van der Waals surface area contributed by atoms with E-state index >= 15 is 0 Å². The largest absolute Gasteiger partial charge is 0.494 e. The molecule has 0 fully saturated rings. The summed E-state index contributed by atoms with van der Waals surface area (Å²) in [6, 6.07) is 8.05. The molecule has 0 N–H and O–H groups in total. The molecule has 0 amide bonds. The summed E-state index contributed by atoms with van der Waals surface area (Å²) in [7, 11) is 0. The second kappa shape index (κ2) is 18.3. The third kappa shape index (κ3) is 12.6. The summed E-state index contributed by atoms with van der Waals surface area (Å²) in [5.74, 6) is 2.37. The summed E-state index contributed by atoms with van der Waals surface area (Å²) in [6.45, 7) is 6.04. The highest BCUT2D eigenvalue weighted by molar-refractivity contribution is 5.56. The molecule has 33 heavy (non-hydrogen) atoms. The smallest absolute Gasteiger partial charge is 0.159 e. The normalized spacial score (nSPS) is 11.0. The summed E-state index contributed by atoms with van der Waals surface area (Å²) < 4.78 is 11.7. The van der Waals surface area contributed by atoms with Gasteiger partial charge in [0.2, 0.25) is 0 Å². The second-order valence-electron chi connectivity index (χ2n) is 9.06. The van der Waals surface area contributed by atoms with E-state index in [-0.39, 0.29) is 0 Å². The van der Waals surface area contributed by atoms with Crippen LogP contribution in [0.5, 0.6) is 11.5 Å². The van der Waals surface area contributed by atoms with Crippen molar-refractivity contribution in [3.63, 3.8) is 0 Å². The van der Waals surface area contributed by atoms with Crippen LogP contribution in [0.1, 0.15) is 110 Å². The van der Waals surface area contributed by atoms with E-state index in [0.717, 1.165) is 43.1 Å². The minimum atomic E-state index is 0.716. The lowest BCUT2D eigenvalue weighted by molar-refractivity contribution is 0.302. The Morgan fingerprint density at radius 1 is 0.515 bits per heavy atom. The van der Waals surface area contributed by atoms with E-state index in [0.29, 0.717) is 5.82 Å². The molecule has 0 unspecified atom stereocenters. The standard InChI is InChI=1S/C29H46N2O2/c1-3-5-7-9-11-12-13-15-17-23-33-28-24-30-29(31-25-28)26-18-20-27(21-19-26)32-22-16-14-10-8-6-4-2/h18-21,24-25H,3-17,22-23H2,1-2H3. The van der Waals surface area contributed by atoms with Crippen LogP contribution in [0.25, 0.3) is 11.4 Å². The SMILES string of the molecule is CCCCCCCCCCCOc1cnc(-c2ccc(OCCCCCCCC)cc2)nc1. The van der Waals surface area contributed by atoms with Gasteiger partial charge in [-0.3, -0.25) is 0 Å². The number of benzene rings is 1. The van der Waals surface area contributed by atoms with Gasteiger partial charge in [0.25, 0.3) is 0 Å². The predicted octanol–water partition coefficient (Wildman–Crippen LogP) is 8.79. The number of ether oxygens (including phenoxy) is 2. The van der Waals surface area contributed by atoms with Crippen molar-refractivity contribution in [2.75, 3.05) is 13.2 Å². The molecule has 1 heterocycles. The zero-order valence-electron chi connectivity index (χ0n) is 21.2. The van der Waals surface area contributed by atoms with Gasteiger partial charge in [-0.1, -0.05) is 97.3 Å². The quantitative estimate of drug-likeness (QED) is 0.187. The number of nitrogens with zero attached hydrogens (tertiary/aromatic N) is 2. The molecule has 0 atom stereocenters. The van der Waals surface area contributed by atoms with Crippen LogP contribution in [-0.2, 0) is 0 Å². The summed E-state index contributed by atoms with van der Waals surface area (Å²) in [4.78, 5) is 8.95. The lowest BCUT2D eigenvalue weighted by atomic mass is 10.1. The Balaban J connectivity index is 1.58. The fourth-order valence-electron chi connectivity index (χ4n) is 3.92. The van der Waals surface area contributed by atoms with Crippen LogP contribution in [0.2, 0.25) is 0 Å². The molecular weight excluding hydrogens is 408 g/mol. The minimum Gasteiger partial charge on any atom is -0.494 e. The molecule has 184 valence electrons. The number of hydrogen-bond donors (Lipinski definition) is 0. The van der Waals surface area contributed by atoms with Crippen molar-refractivity contribution in [2.24, 2.45) is 0 Å². The Morgan fingerprint density at radius 2 is 0.939 bits per heavy atom. The van der Waals surface area contributed by atoms with E-state index in [4.69, 9.17) is 9.47 Å². The molecule has 1 aromatic heterocycles. The van der Waals surface area contributed by atoms with Crippen molar-refractivity contribution in [3.05, 3.63) is 36.7 Å². The number of rotatable bonds is 20. The highest BCUT2D eigenvalue weighted by Gasteiger charge is 2.03. The molecule has 0 aliphatic carbocycles. The molecule has 0 aliphatic rings. The highest BCUT2D eigenvalue weighted by atomic mass is 16.5. The molecule has 0 radical (unpaired) electrons. The Bertz CT molecular complexity index is 701. The van der Waals surface area contributed by atoms with Gasteiger partial charge in [-0.15, -0.1) is 0 Å². The summed E-state index contributed by atoms with van der Waals surface area (Å²) >= 11 is 0. The van der Waals surface area contributed by atoms with Gasteiger partial charge in [-0.2, -0.15) is 0 Å². The van der Waals surface area contributed by atoms with Gasteiger partial charge < -0.3 is 9.47 Å². The van der Waals surface area contributed by atoms with Gasteiger partial charge in [0.05, 0.1) is 25.6 Å².